The molecule has 0 bridgehead atoms. The average molecular weight is 190 g/mol. The first-order valence-electron chi connectivity index (χ1n) is 5.43. The lowest BCUT2D eigenvalue weighted by Gasteiger charge is -2.20. The van der Waals surface area contributed by atoms with Gasteiger partial charge in [-0.05, 0) is 35.8 Å². The van der Waals surface area contributed by atoms with Gasteiger partial charge in [0.05, 0.1) is 6.10 Å². The van der Waals surface area contributed by atoms with E-state index in [-0.39, 0.29) is 6.10 Å². The van der Waals surface area contributed by atoms with Crippen LogP contribution in [0.1, 0.15) is 25.0 Å². The van der Waals surface area contributed by atoms with Crippen molar-refractivity contribution in [1.82, 2.24) is 0 Å². The van der Waals surface area contributed by atoms with Gasteiger partial charge in [0, 0.05) is 0 Å². The SMILES string of the molecule is CC1Cc2ccccc2CC(C)C1O. The molecule has 2 atom stereocenters. The molecule has 0 spiro atoms. The Bertz CT molecular complexity index is 288. The summed E-state index contributed by atoms with van der Waals surface area (Å²) in [5.74, 6) is 0.766. The first-order chi connectivity index (χ1) is 6.68. The van der Waals surface area contributed by atoms with Crippen LogP contribution >= 0.6 is 0 Å². The van der Waals surface area contributed by atoms with E-state index >= 15 is 0 Å². The molecule has 1 heteroatoms. The zero-order valence-corrected chi connectivity index (χ0v) is 8.90. The van der Waals surface area contributed by atoms with Crippen LogP contribution in [0, 0.1) is 11.8 Å². The van der Waals surface area contributed by atoms with Crippen molar-refractivity contribution in [3.8, 4) is 0 Å². The summed E-state index contributed by atoms with van der Waals surface area (Å²) >= 11 is 0. The molecule has 1 aliphatic rings. The average Bonchev–Trinajstić information content (AvgIpc) is 2.28. The molecule has 0 fully saturated rings. The van der Waals surface area contributed by atoms with Gasteiger partial charge in [0.1, 0.15) is 0 Å². The van der Waals surface area contributed by atoms with Crippen LogP contribution in [-0.2, 0) is 12.8 Å². The van der Waals surface area contributed by atoms with Gasteiger partial charge in [0.2, 0.25) is 0 Å². The molecule has 1 aromatic rings. The molecule has 1 aliphatic carbocycles. The molecule has 0 aromatic heterocycles. The summed E-state index contributed by atoms with van der Waals surface area (Å²) in [5, 5.41) is 10.00. The number of hydrogen-bond donors (Lipinski definition) is 1. The lowest BCUT2D eigenvalue weighted by atomic mass is 9.91. The Morgan fingerprint density at radius 1 is 1.00 bits per heavy atom. The Morgan fingerprint density at radius 2 is 1.43 bits per heavy atom. The molecule has 0 saturated heterocycles. The maximum atomic E-state index is 10.00. The summed E-state index contributed by atoms with van der Waals surface area (Å²) in [4.78, 5) is 0. The Morgan fingerprint density at radius 3 is 1.86 bits per heavy atom. The number of hydrogen-bond acceptors (Lipinski definition) is 1. The summed E-state index contributed by atoms with van der Waals surface area (Å²) < 4.78 is 0. The maximum Gasteiger partial charge on any atom is 0.0597 e. The third kappa shape index (κ3) is 1.69. The van der Waals surface area contributed by atoms with E-state index in [1.54, 1.807) is 0 Å². The Kier molecular flexibility index (Phi) is 2.60. The van der Waals surface area contributed by atoms with E-state index in [2.05, 4.69) is 38.1 Å². The van der Waals surface area contributed by atoms with Crippen molar-refractivity contribution in [2.24, 2.45) is 11.8 Å². The topological polar surface area (TPSA) is 20.2 Å². The molecule has 1 aromatic carbocycles. The van der Waals surface area contributed by atoms with Gasteiger partial charge < -0.3 is 5.11 Å². The Labute approximate surface area is 85.8 Å². The molecule has 2 rings (SSSR count). The molecule has 14 heavy (non-hydrogen) atoms. The Balaban J connectivity index is 2.34. The van der Waals surface area contributed by atoms with Crippen molar-refractivity contribution in [3.63, 3.8) is 0 Å². The van der Waals surface area contributed by atoms with Crippen molar-refractivity contribution in [2.75, 3.05) is 0 Å². The second-order valence-corrected chi connectivity index (χ2v) is 4.62. The fourth-order valence-electron chi connectivity index (χ4n) is 2.45. The fourth-order valence-corrected chi connectivity index (χ4v) is 2.45. The number of benzene rings is 1. The smallest absolute Gasteiger partial charge is 0.0597 e. The molecule has 1 N–H and O–H groups in total. The van der Waals surface area contributed by atoms with E-state index in [1.165, 1.54) is 11.1 Å². The van der Waals surface area contributed by atoms with E-state index in [0.29, 0.717) is 11.8 Å². The van der Waals surface area contributed by atoms with Crippen LogP contribution in [0.25, 0.3) is 0 Å². The molecule has 76 valence electrons. The summed E-state index contributed by atoms with van der Waals surface area (Å²) in [6.07, 6.45) is 1.88. The van der Waals surface area contributed by atoms with E-state index in [1.807, 2.05) is 0 Å². The third-order valence-corrected chi connectivity index (χ3v) is 3.37. The minimum absolute atomic E-state index is 0.151. The standard InChI is InChI=1S/C13H18O/c1-9-7-11-5-3-4-6-12(11)8-10(2)13(9)14/h3-6,9-10,13-14H,7-8H2,1-2H3. The molecule has 0 aliphatic heterocycles. The lowest BCUT2D eigenvalue weighted by Crippen LogP contribution is -2.25. The van der Waals surface area contributed by atoms with Gasteiger partial charge in [0.25, 0.3) is 0 Å². The van der Waals surface area contributed by atoms with Gasteiger partial charge in [-0.2, -0.15) is 0 Å². The first kappa shape index (κ1) is 9.72. The number of aliphatic hydroxyl groups excluding tert-OH is 1. The number of aliphatic hydroxyl groups is 1. The van der Waals surface area contributed by atoms with Gasteiger partial charge in [-0.1, -0.05) is 38.1 Å². The van der Waals surface area contributed by atoms with Crippen LogP contribution in [0.15, 0.2) is 24.3 Å². The molecule has 0 radical (unpaired) electrons. The van der Waals surface area contributed by atoms with Crippen LogP contribution in [0.3, 0.4) is 0 Å². The van der Waals surface area contributed by atoms with Crippen molar-refractivity contribution in [3.05, 3.63) is 35.4 Å². The van der Waals surface area contributed by atoms with Crippen molar-refractivity contribution in [1.29, 1.82) is 0 Å². The lowest BCUT2D eigenvalue weighted by molar-refractivity contribution is 0.0692. The minimum Gasteiger partial charge on any atom is -0.393 e. The highest BCUT2D eigenvalue weighted by atomic mass is 16.3. The zero-order valence-electron chi connectivity index (χ0n) is 8.90. The quantitative estimate of drug-likeness (QED) is 0.623. The van der Waals surface area contributed by atoms with Gasteiger partial charge in [-0.3, -0.25) is 0 Å². The molecular formula is C13H18O. The first-order valence-corrected chi connectivity index (χ1v) is 5.43. The second-order valence-electron chi connectivity index (χ2n) is 4.62. The largest absolute Gasteiger partial charge is 0.393 e. The molecular weight excluding hydrogens is 172 g/mol. The summed E-state index contributed by atoms with van der Waals surface area (Å²) in [7, 11) is 0. The van der Waals surface area contributed by atoms with E-state index < -0.39 is 0 Å². The van der Waals surface area contributed by atoms with Crippen LogP contribution in [-0.4, -0.2) is 11.2 Å². The summed E-state index contributed by atoms with van der Waals surface area (Å²) in [6, 6.07) is 8.56. The van der Waals surface area contributed by atoms with Gasteiger partial charge >= 0.3 is 0 Å². The molecule has 0 saturated carbocycles. The molecule has 2 unspecified atom stereocenters. The highest BCUT2D eigenvalue weighted by molar-refractivity contribution is 5.29. The minimum atomic E-state index is -0.151. The van der Waals surface area contributed by atoms with E-state index in [4.69, 9.17) is 0 Å². The number of fused-ring (bicyclic) bond motifs is 1. The monoisotopic (exact) mass is 190 g/mol. The van der Waals surface area contributed by atoms with Crippen molar-refractivity contribution in [2.45, 2.75) is 32.8 Å². The van der Waals surface area contributed by atoms with Crippen LogP contribution in [0.5, 0.6) is 0 Å². The predicted molar refractivity (Wildman–Crippen MR) is 58.2 cm³/mol. The highest BCUT2D eigenvalue weighted by Gasteiger charge is 2.26. The van der Waals surface area contributed by atoms with Crippen molar-refractivity contribution < 1.29 is 5.11 Å². The summed E-state index contributed by atoms with van der Waals surface area (Å²) in [5.41, 5.74) is 2.84. The number of rotatable bonds is 0. The van der Waals surface area contributed by atoms with Gasteiger partial charge in [0.15, 0.2) is 0 Å². The maximum absolute atomic E-state index is 10.00. The van der Waals surface area contributed by atoms with Crippen LogP contribution < -0.4 is 0 Å². The van der Waals surface area contributed by atoms with E-state index in [9.17, 15) is 5.11 Å². The predicted octanol–water partition coefficient (Wildman–Crippen LogP) is 2.42. The normalized spacial score (nSPS) is 32.1. The fraction of sp³-hybridized carbons (Fsp3) is 0.538. The van der Waals surface area contributed by atoms with Crippen molar-refractivity contribution >= 4 is 0 Å². The second kappa shape index (κ2) is 3.74. The molecule has 0 heterocycles. The third-order valence-electron chi connectivity index (χ3n) is 3.37. The zero-order chi connectivity index (χ0) is 10.1. The highest BCUT2D eigenvalue weighted by Crippen LogP contribution is 2.27. The van der Waals surface area contributed by atoms with Crippen LogP contribution in [0.2, 0.25) is 0 Å². The summed E-state index contributed by atoms with van der Waals surface area (Å²) in [6.45, 7) is 4.28. The van der Waals surface area contributed by atoms with Crippen LogP contribution in [0.4, 0.5) is 0 Å². The van der Waals surface area contributed by atoms with Gasteiger partial charge in [-0.15, -0.1) is 0 Å². The van der Waals surface area contributed by atoms with Gasteiger partial charge in [-0.25, -0.2) is 0 Å². The Hall–Kier alpha value is -0.820. The van der Waals surface area contributed by atoms with E-state index in [0.717, 1.165) is 12.8 Å². The molecule has 1 nitrogen and oxygen atoms in total. The molecule has 0 amide bonds.